The second-order valence-corrected chi connectivity index (χ2v) is 4.99. The third kappa shape index (κ3) is 5.40. The zero-order chi connectivity index (χ0) is 12.5. The second-order valence-electron chi connectivity index (χ2n) is 4.99. The first kappa shape index (κ1) is 14.3. The van der Waals surface area contributed by atoms with Gasteiger partial charge in [0.25, 0.3) is 0 Å². The molecular formula is C15H28N2. The Kier molecular flexibility index (Phi) is 7.02. The summed E-state index contributed by atoms with van der Waals surface area (Å²) in [5.74, 6) is 0. The third-order valence-corrected chi connectivity index (χ3v) is 3.32. The number of hydrogen-bond acceptors (Lipinski definition) is 1. The van der Waals surface area contributed by atoms with E-state index in [2.05, 4.69) is 36.9 Å². The molecule has 98 valence electrons. The maximum Gasteiger partial charge on any atom is 0.0309 e. The van der Waals surface area contributed by atoms with Crippen molar-refractivity contribution in [2.45, 2.75) is 71.4 Å². The quantitative estimate of drug-likeness (QED) is 0.638. The lowest BCUT2D eigenvalue weighted by atomic mass is 10.1. The highest BCUT2D eigenvalue weighted by Crippen LogP contribution is 2.16. The third-order valence-electron chi connectivity index (χ3n) is 3.32. The van der Waals surface area contributed by atoms with E-state index in [0.717, 1.165) is 19.4 Å². The molecule has 2 nitrogen and oxygen atoms in total. The molecule has 0 saturated carbocycles. The summed E-state index contributed by atoms with van der Waals surface area (Å²) in [5.41, 5.74) is 7.39. The average molecular weight is 236 g/mol. The Morgan fingerprint density at radius 1 is 1.12 bits per heavy atom. The minimum absolute atomic E-state index is 0.223. The summed E-state index contributed by atoms with van der Waals surface area (Å²) in [7, 11) is 0. The molecule has 0 aliphatic carbocycles. The van der Waals surface area contributed by atoms with Gasteiger partial charge in [-0.25, -0.2) is 0 Å². The number of aromatic nitrogens is 1. The van der Waals surface area contributed by atoms with E-state index in [9.17, 15) is 0 Å². The number of aryl methyl sites for hydroxylation is 1. The van der Waals surface area contributed by atoms with Crippen molar-refractivity contribution >= 4 is 0 Å². The molecule has 0 saturated heterocycles. The highest BCUT2D eigenvalue weighted by molar-refractivity contribution is 5.14. The van der Waals surface area contributed by atoms with Crippen molar-refractivity contribution in [1.29, 1.82) is 0 Å². The first-order valence-corrected chi connectivity index (χ1v) is 7.19. The van der Waals surface area contributed by atoms with Crippen molar-refractivity contribution in [3.05, 3.63) is 24.0 Å². The van der Waals surface area contributed by atoms with E-state index >= 15 is 0 Å². The van der Waals surface area contributed by atoms with Crippen LogP contribution < -0.4 is 5.73 Å². The molecule has 0 aliphatic rings. The van der Waals surface area contributed by atoms with Crippen LogP contribution in [0.5, 0.6) is 0 Å². The van der Waals surface area contributed by atoms with Gasteiger partial charge in [-0.2, -0.15) is 0 Å². The Labute approximate surface area is 106 Å². The van der Waals surface area contributed by atoms with Crippen molar-refractivity contribution in [2.24, 2.45) is 5.73 Å². The largest absolute Gasteiger partial charge is 0.354 e. The topological polar surface area (TPSA) is 30.9 Å². The number of hydrogen-bond donors (Lipinski definition) is 1. The number of rotatable bonds is 9. The Morgan fingerprint density at radius 3 is 2.59 bits per heavy atom. The van der Waals surface area contributed by atoms with E-state index in [1.807, 2.05) is 0 Å². The van der Waals surface area contributed by atoms with E-state index in [0.29, 0.717) is 0 Å². The molecule has 1 rings (SSSR count). The molecule has 0 radical (unpaired) electrons. The van der Waals surface area contributed by atoms with Gasteiger partial charge >= 0.3 is 0 Å². The summed E-state index contributed by atoms with van der Waals surface area (Å²) in [6.45, 7) is 5.58. The van der Waals surface area contributed by atoms with Crippen molar-refractivity contribution in [3.63, 3.8) is 0 Å². The molecule has 0 spiro atoms. The Morgan fingerprint density at radius 2 is 1.88 bits per heavy atom. The summed E-state index contributed by atoms with van der Waals surface area (Å²) in [5, 5.41) is 0. The summed E-state index contributed by atoms with van der Waals surface area (Å²) in [6, 6.07) is 2.40. The maximum absolute atomic E-state index is 6.10. The fourth-order valence-electron chi connectivity index (χ4n) is 2.19. The van der Waals surface area contributed by atoms with Crippen LogP contribution in [0.15, 0.2) is 18.5 Å². The van der Waals surface area contributed by atoms with Gasteiger partial charge in [-0.05, 0) is 24.5 Å². The van der Waals surface area contributed by atoms with E-state index in [1.54, 1.807) is 0 Å². The summed E-state index contributed by atoms with van der Waals surface area (Å²) >= 11 is 0. The van der Waals surface area contributed by atoms with Crippen LogP contribution in [0.4, 0.5) is 0 Å². The maximum atomic E-state index is 6.10. The predicted octanol–water partition coefficient (Wildman–Crippen LogP) is 4.26. The molecule has 0 amide bonds. The molecule has 1 aromatic rings. The predicted molar refractivity (Wildman–Crippen MR) is 75.0 cm³/mol. The SMILES string of the molecule is CCCCCCCn1ccc(C(N)CCC)c1. The van der Waals surface area contributed by atoms with Gasteiger partial charge in [-0.15, -0.1) is 0 Å². The zero-order valence-electron chi connectivity index (χ0n) is 11.5. The van der Waals surface area contributed by atoms with Crippen molar-refractivity contribution in [1.82, 2.24) is 4.57 Å². The number of unbranched alkanes of at least 4 members (excludes halogenated alkanes) is 4. The van der Waals surface area contributed by atoms with Crippen molar-refractivity contribution in [3.8, 4) is 0 Å². The molecule has 1 aromatic heterocycles. The minimum atomic E-state index is 0.223. The lowest BCUT2D eigenvalue weighted by Gasteiger charge is -2.07. The van der Waals surface area contributed by atoms with Gasteiger partial charge in [-0.1, -0.05) is 46.0 Å². The van der Waals surface area contributed by atoms with Gasteiger partial charge in [0, 0.05) is 25.0 Å². The first-order chi connectivity index (χ1) is 8.27. The summed E-state index contributed by atoms with van der Waals surface area (Å²) < 4.78 is 2.29. The smallest absolute Gasteiger partial charge is 0.0309 e. The number of nitrogens with two attached hydrogens (primary N) is 1. The molecule has 2 N–H and O–H groups in total. The van der Waals surface area contributed by atoms with Crippen LogP contribution in [0, 0.1) is 0 Å². The Balaban J connectivity index is 2.25. The molecule has 1 heterocycles. The summed E-state index contributed by atoms with van der Waals surface area (Å²) in [6.07, 6.45) is 13.3. The molecule has 17 heavy (non-hydrogen) atoms. The molecule has 2 heteroatoms. The standard InChI is InChI=1S/C15H28N2/c1-3-5-6-7-8-11-17-12-10-14(13-17)15(16)9-4-2/h10,12-13,15H,3-9,11,16H2,1-2H3. The van der Waals surface area contributed by atoms with Gasteiger partial charge in [0.15, 0.2) is 0 Å². The van der Waals surface area contributed by atoms with E-state index in [1.165, 1.54) is 37.7 Å². The van der Waals surface area contributed by atoms with Gasteiger partial charge in [-0.3, -0.25) is 0 Å². The lowest BCUT2D eigenvalue weighted by molar-refractivity contribution is 0.567. The van der Waals surface area contributed by atoms with Crippen molar-refractivity contribution in [2.75, 3.05) is 0 Å². The van der Waals surface area contributed by atoms with Gasteiger partial charge in [0.1, 0.15) is 0 Å². The van der Waals surface area contributed by atoms with Crippen LogP contribution in [0.25, 0.3) is 0 Å². The average Bonchev–Trinajstić information content (AvgIpc) is 2.78. The van der Waals surface area contributed by atoms with E-state index in [4.69, 9.17) is 5.73 Å². The zero-order valence-corrected chi connectivity index (χ0v) is 11.5. The van der Waals surface area contributed by atoms with Crippen molar-refractivity contribution < 1.29 is 0 Å². The van der Waals surface area contributed by atoms with Crippen LogP contribution in [0.1, 0.15) is 70.4 Å². The second kappa shape index (κ2) is 8.35. The normalized spacial score (nSPS) is 12.9. The van der Waals surface area contributed by atoms with E-state index < -0.39 is 0 Å². The van der Waals surface area contributed by atoms with Gasteiger partial charge < -0.3 is 10.3 Å². The minimum Gasteiger partial charge on any atom is -0.354 e. The summed E-state index contributed by atoms with van der Waals surface area (Å²) in [4.78, 5) is 0. The number of nitrogens with zero attached hydrogens (tertiary/aromatic N) is 1. The van der Waals surface area contributed by atoms with Gasteiger partial charge in [0.2, 0.25) is 0 Å². The van der Waals surface area contributed by atoms with E-state index in [-0.39, 0.29) is 6.04 Å². The van der Waals surface area contributed by atoms with Crippen LogP contribution in [-0.4, -0.2) is 4.57 Å². The van der Waals surface area contributed by atoms with Crippen LogP contribution in [0.3, 0.4) is 0 Å². The van der Waals surface area contributed by atoms with Crippen LogP contribution in [-0.2, 0) is 6.54 Å². The lowest BCUT2D eigenvalue weighted by Crippen LogP contribution is -2.08. The molecule has 1 atom stereocenters. The van der Waals surface area contributed by atoms with Crippen LogP contribution in [0.2, 0.25) is 0 Å². The fraction of sp³-hybridized carbons (Fsp3) is 0.733. The molecule has 1 unspecified atom stereocenters. The molecule has 0 fully saturated rings. The highest BCUT2D eigenvalue weighted by Gasteiger charge is 2.05. The Bertz CT molecular complexity index is 291. The fourth-order valence-corrected chi connectivity index (χ4v) is 2.19. The van der Waals surface area contributed by atoms with Gasteiger partial charge in [0.05, 0.1) is 0 Å². The first-order valence-electron chi connectivity index (χ1n) is 7.19. The molecular weight excluding hydrogens is 208 g/mol. The molecule has 0 aliphatic heterocycles. The highest BCUT2D eigenvalue weighted by atomic mass is 14.9. The molecule has 0 bridgehead atoms. The molecule has 0 aromatic carbocycles. The monoisotopic (exact) mass is 236 g/mol. The van der Waals surface area contributed by atoms with Crippen LogP contribution >= 0.6 is 0 Å². The Hall–Kier alpha value is -0.760.